The summed E-state index contributed by atoms with van der Waals surface area (Å²) in [6.07, 6.45) is 1.35. The number of benzene rings is 1. The van der Waals surface area contributed by atoms with Crippen molar-refractivity contribution in [1.82, 2.24) is 14.8 Å². The fourth-order valence-corrected chi connectivity index (χ4v) is 2.90. The molecule has 0 bridgehead atoms. The van der Waals surface area contributed by atoms with Gasteiger partial charge >= 0.3 is 5.97 Å². The number of rotatable bonds is 5. The Morgan fingerprint density at radius 1 is 1.14 bits per heavy atom. The van der Waals surface area contributed by atoms with Crippen LogP contribution in [0.25, 0.3) is 16.7 Å². The van der Waals surface area contributed by atoms with Gasteiger partial charge in [-0.3, -0.25) is 4.79 Å². The van der Waals surface area contributed by atoms with Crippen LogP contribution in [0.2, 0.25) is 0 Å². The number of nitrogens with zero attached hydrogens (tertiary/aromatic N) is 3. The monoisotopic (exact) mass is 390 g/mol. The van der Waals surface area contributed by atoms with E-state index in [1.807, 2.05) is 30.3 Å². The molecule has 0 aliphatic carbocycles. The first-order chi connectivity index (χ1) is 14.1. The predicted molar refractivity (Wildman–Crippen MR) is 106 cm³/mol. The molecule has 4 rings (SSSR count). The topological polar surface area (TPSA) is 99.2 Å². The second kappa shape index (κ2) is 7.59. The lowest BCUT2D eigenvalue weighted by atomic mass is 10.2. The molecule has 1 N–H and O–H groups in total. The van der Waals surface area contributed by atoms with Crippen LogP contribution in [0.1, 0.15) is 33.6 Å². The van der Waals surface area contributed by atoms with Gasteiger partial charge in [0.1, 0.15) is 11.3 Å². The average Bonchev–Trinajstić information content (AvgIpc) is 3.34. The van der Waals surface area contributed by atoms with Crippen LogP contribution >= 0.6 is 0 Å². The molecule has 146 valence electrons. The van der Waals surface area contributed by atoms with E-state index in [-0.39, 0.29) is 23.7 Å². The Kier molecular flexibility index (Phi) is 4.82. The van der Waals surface area contributed by atoms with Crippen molar-refractivity contribution in [3.05, 3.63) is 71.8 Å². The average molecular weight is 390 g/mol. The number of aromatic nitrogens is 3. The number of para-hydroxylation sites is 1. The van der Waals surface area contributed by atoms with Crippen molar-refractivity contribution < 1.29 is 18.7 Å². The molecular formula is C21H18N4O4. The summed E-state index contributed by atoms with van der Waals surface area (Å²) in [6.45, 7) is 3.64. The standard InChI is InChI=1S/C21H18N4O4/c1-3-28-21(27)15-12-22-25(18-11-9-14-6-4-5-7-16(14)23-18)19(15)24-20(26)17-10-8-13(2)29-17/h4-12H,3H2,1-2H3,(H,24,26). The van der Waals surface area contributed by atoms with Crippen LogP contribution in [0, 0.1) is 6.92 Å². The van der Waals surface area contributed by atoms with Crippen LogP contribution in [0.4, 0.5) is 5.82 Å². The van der Waals surface area contributed by atoms with E-state index in [0.717, 1.165) is 10.9 Å². The van der Waals surface area contributed by atoms with Gasteiger partial charge in [0.15, 0.2) is 17.4 Å². The molecule has 0 saturated carbocycles. The number of hydrogen-bond acceptors (Lipinski definition) is 6. The first-order valence-electron chi connectivity index (χ1n) is 9.06. The van der Waals surface area contributed by atoms with Gasteiger partial charge < -0.3 is 14.5 Å². The molecule has 29 heavy (non-hydrogen) atoms. The predicted octanol–water partition coefficient (Wildman–Crippen LogP) is 3.75. The van der Waals surface area contributed by atoms with Gasteiger partial charge in [-0.05, 0) is 44.2 Å². The summed E-state index contributed by atoms with van der Waals surface area (Å²) in [7, 11) is 0. The number of carbonyl (C=O) groups excluding carboxylic acids is 2. The maximum atomic E-state index is 12.6. The Hall–Kier alpha value is -3.94. The van der Waals surface area contributed by atoms with E-state index in [1.54, 1.807) is 32.0 Å². The highest BCUT2D eigenvalue weighted by atomic mass is 16.5. The zero-order valence-electron chi connectivity index (χ0n) is 15.9. The van der Waals surface area contributed by atoms with E-state index in [0.29, 0.717) is 11.6 Å². The summed E-state index contributed by atoms with van der Waals surface area (Å²) in [4.78, 5) is 29.6. The van der Waals surface area contributed by atoms with Crippen LogP contribution in [0.3, 0.4) is 0 Å². The number of ether oxygens (including phenoxy) is 1. The molecule has 4 aromatic rings. The molecular weight excluding hydrogens is 372 g/mol. The number of carbonyl (C=O) groups is 2. The molecule has 1 aromatic carbocycles. The molecule has 0 saturated heterocycles. The summed E-state index contributed by atoms with van der Waals surface area (Å²) in [5.74, 6) is 0.231. The number of amides is 1. The molecule has 0 atom stereocenters. The molecule has 3 heterocycles. The third-order valence-corrected chi connectivity index (χ3v) is 4.26. The summed E-state index contributed by atoms with van der Waals surface area (Å²) >= 11 is 0. The fourth-order valence-electron chi connectivity index (χ4n) is 2.90. The summed E-state index contributed by atoms with van der Waals surface area (Å²) < 4.78 is 11.9. The van der Waals surface area contributed by atoms with E-state index in [2.05, 4.69) is 15.4 Å². The van der Waals surface area contributed by atoms with Gasteiger partial charge in [0.05, 0.1) is 18.3 Å². The lowest BCUT2D eigenvalue weighted by Gasteiger charge is -2.10. The number of anilines is 1. The Labute approximate surface area is 166 Å². The lowest BCUT2D eigenvalue weighted by Crippen LogP contribution is -2.18. The smallest absolute Gasteiger partial charge is 0.343 e. The maximum Gasteiger partial charge on any atom is 0.343 e. The highest BCUT2D eigenvalue weighted by Gasteiger charge is 2.23. The second-order valence-electron chi connectivity index (χ2n) is 6.27. The van der Waals surface area contributed by atoms with Crippen molar-refractivity contribution in [2.24, 2.45) is 0 Å². The Balaban J connectivity index is 1.78. The molecule has 0 spiro atoms. The third-order valence-electron chi connectivity index (χ3n) is 4.26. The fraction of sp³-hybridized carbons (Fsp3) is 0.143. The van der Waals surface area contributed by atoms with E-state index in [4.69, 9.17) is 9.15 Å². The quantitative estimate of drug-likeness (QED) is 0.521. The molecule has 0 aliphatic rings. The summed E-state index contributed by atoms with van der Waals surface area (Å²) in [6, 6.07) is 14.5. The van der Waals surface area contributed by atoms with Crippen molar-refractivity contribution >= 4 is 28.6 Å². The summed E-state index contributed by atoms with van der Waals surface area (Å²) in [5, 5.41) is 7.92. The van der Waals surface area contributed by atoms with Gasteiger partial charge in [-0.25, -0.2) is 9.78 Å². The maximum absolute atomic E-state index is 12.6. The minimum Gasteiger partial charge on any atom is -0.462 e. The van der Waals surface area contributed by atoms with E-state index >= 15 is 0 Å². The SMILES string of the molecule is CCOC(=O)c1cnn(-c2ccc3ccccc3n2)c1NC(=O)c1ccc(C)o1. The van der Waals surface area contributed by atoms with Gasteiger partial charge in [0.2, 0.25) is 0 Å². The summed E-state index contributed by atoms with van der Waals surface area (Å²) in [5.41, 5.74) is 0.885. The van der Waals surface area contributed by atoms with Gasteiger partial charge in [0.25, 0.3) is 5.91 Å². The number of aryl methyl sites for hydroxylation is 1. The number of furan rings is 1. The lowest BCUT2D eigenvalue weighted by molar-refractivity contribution is 0.0527. The number of nitrogens with one attached hydrogen (secondary N) is 1. The third kappa shape index (κ3) is 3.60. The van der Waals surface area contributed by atoms with Crippen molar-refractivity contribution in [3.8, 4) is 5.82 Å². The molecule has 8 nitrogen and oxygen atoms in total. The minimum absolute atomic E-state index is 0.122. The zero-order valence-corrected chi connectivity index (χ0v) is 15.9. The molecule has 8 heteroatoms. The van der Waals surface area contributed by atoms with Gasteiger partial charge in [0, 0.05) is 5.39 Å². The number of fused-ring (bicyclic) bond motifs is 1. The Morgan fingerprint density at radius 3 is 2.72 bits per heavy atom. The van der Waals surface area contributed by atoms with Gasteiger partial charge in [-0.2, -0.15) is 9.78 Å². The largest absolute Gasteiger partial charge is 0.462 e. The first kappa shape index (κ1) is 18.4. The number of pyridine rings is 1. The van der Waals surface area contributed by atoms with Crippen molar-refractivity contribution in [3.63, 3.8) is 0 Å². The van der Waals surface area contributed by atoms with Crippen LogP contribution < -0.4 is 5.32 Å². The van der Waals surface area contributed by atoms with Crippen LogP contribution in [-0.4, -0.2) is 33.2 Å². The van der Waals surface area contributed by atoms with E-state index in [1.165, 1.54) is 10.9 Å². The normalized spacial score (nSPS) is 10.8. The van der Waals surface area contributed by atoms with E-state index < -0.39 is 11.9 Å². The molecule has 0 radical (unpaired) electrons. The van der Waals surface area contributed by atoms with E-state index in [9.17, 15) is 9.59 Å². The second-order valence-corrected chi connectivity index (χ2v) is 6.27. The first-order valence-corrected chi connectivity index (χ1v) is 9.06. The van der Waals surface area contributed by atoms with Crippen molar-refractivity contribution in [1.29, 1.82) is 0 Å². The molecule has 1 amide bonds. The van der Waals surface area contributed by atoms with Crippen molar-refractivity contribution in [2.45, 2.75) is 13.8 Å². The highest BCUT2D eigenvalue weighted by molar-refractivity contribution is 6.06. The number of esters is 1. The molecule has 3 aromatic heterocycles. The van der Waals surface area contributed by atoms with Crippen LogP contribution in [0.5, 0.6) is 0 Å². The van der Waals surface area contributed by atoms with Gasteiger partial charge in [-0.1, -0.05) is 18.2 Å². The van der Waals surface area contributed by atoms with Gasteiger partial charge in [-0.15, -0.1) is 0 Å². The Bertz CT molecular complexity index is 1210. The zero-order chi connectivity index (χ0) is 20.4. The Morgan fingerprint density at radius 2 is 1.97 bits per heavy atom. The minimum atomic E-state index is -0.592. The van der Waals surface area contributed by atoms with Crippen LogP contribution in [-0.2, 0) is 4.74 Å². The molecule has 0 fully saturated rings. The van der Waals surface area contributed by atoms with Crippen molar-refractivity contribution in [2.75, 3.05) is 11.9 Å². The highest BCUT2D eigenvalue weighted by Crippen LogP contribution is 2.23. The van der Waals surface area contributed by atoms with Crippen LogP contribution in [0.15, 0.2) is 59.1 Å². The molecule has 0 unspecified atom stereocenters. The molecule has 0 aliphatic heterocycles. The number of hydrogen-bond donors (Lipinski definition) is 1.